The molecule has 5 nitrogen and oxygen atoms in total. The third-order valence-corrected chi connectivity index (χ3v) is 5.94. The van der Waals surface area contributed by atoms with E-state index in [9.17, 15) is 4.79 Å². The van der Waals surface area contributed by atoms with Crippen molar-refractivity contribution in [2.24, 2.45) is 0 Å². The Morgan fingerprint density at radius 3 is 2.96 bits per heavy atom. The molecule has 0 unspecified atom stereocenters. The van der Waals surface area contributed by atoms with Crippen LogP contribution in [0.3, 0.4) is 0 Å². The number of aromatic nitrogens is 3. The van der Waals surface area contributed by atoms with Crippen LogP contribution in [0.15, 0.2) is 45.7 Å². The summed E-state index contributed by atoms with van der Waals surface area (Å²) >= 11 is 6.91. The molecule has 0 fully saturated rings. The fraction of sp³-hybridized carbons (Fsp3) is 0.158. The highest BCUT2D eigenvalue weighted by Gasteiger charge is 2.25. The van der Waals surface area contributed by atoms with Gasteiger partial charge in [-0.25, -0.2) is 9.48 Å². The van der Waals surface area contributed by atoms with E-state index in [1.165, 1.54) is 11.8 Å². The highest BCUT2D eigenvalue weighted by Crippen LogP contribution is 2.35. The molecule has 1 aliphatic rings. The zero-order valence-corrected chi connectivity index (χ0v) is 15.5. The molecule has 0 spiro atoms. The summed E-state index contributed by atoms with van der Waals surface area (Å²) in [5.74, 6) is 0. The lowest BCUT2D eigenvalue weighted by Gasteiger charge is -2.18. The molecule has 0 N–H and O–H groups in total. The lowest BCUT2D eigenvalue weighted by molar-refractivity contribution is 0.569. The van der Waals surface area contributed by atoms with Gasteiger partial charge in [-0.3, -0.25) is 4.98 Å². The Balaban J connectivity index is 1.87. The molecular formula is C19H13N3O2S2. The summed E-state index contributed by atoms with van der Waals surface area (Å²) in [5.41, 5.74) is 4.81. The van der Waals surface area contributed by atoms with Crippen LogP contribution < -0.4 is 5.63 Å². The summed E-state index contributed by atoms with van der Waals surface area (Å²) in [6.45, 7) is 0. The fourth-order valence-electron chi connectivity index (χ4n) is 3.54. The second-order valence-corrected chi connectivity index (χ2v) is 7.60. The molecule has 5 rings (SSSR count). The summed E-state index contributed by atoms with van der Waals surface area (Å²) in [7, 11) is 0. The van der Waals surface area contributed by atoms with E-state index < -0.39 is 0 Å². The molecule has 3 heterocycles. The minimum absolute atomic E-state index is 0.375. The van der Waals surface area contributed by atoms with Gasteiger partial charge in [-0.05, 0) is 42.9 Å². The summed E-state index contributed by atoms with van der Waals surface area (Å²) in [4.78, 5) is 17.4. The summed E-state index contributed by atoms with van der Waals surface area (Å²) in [5, 5.41) is 5.78. The quantitative estimate of drug-likeness (QED) is 0.263. The van der Waals surface area contributed by atoms with Crippen molar-refractivity contribution in [1.29, 1.82) is 0 Å². The Labute approximate surface area is 158 Å². The number of rotatable bonds is 0. The second kappa shape index (κ2) is 5.75. The van der Waals surface area contributed by atoms with Gasteiger partial charge in [-0.2, -0.15) is 5.10 Å². The van der Waals surface area contributed by atoms with E-state index in [0.29, 0.717) is 20.8 Å². The fourth-order valence-corrected chi connectivity index (χ4v) is 3.99. The first-order chi connectivity index (χ1) is 12.7. The van der Waals surface area contributed by atoms with Gasteiger partial charge in [0, 0.05) is 10.9 Å². The first kappa shape index (κ1) is 15.7. The molecule has 0 amide bonds. The first-order valence-corrected chi connectivity index (χ1v) is 9.81. The molecule has 26 heavy (non-hydrogen) atoms. The summed E-state index contributed by atoms with van der Waals surface area (Å²) < 4.78 is 7.92. The molecule has 0 bridgehead atoms. The third kappa shape index (κ3) is 2.17. The van der Waals surface area contributed by atoms with Gasteiger partial charge in [0.25, 0.3) is 0 Å². The molecule has 0 saturated heterocycles. The van der Waals surface area contributed by atoms with Crippen LogP contribution in [0.4, 0.5) is 0 Å². The van der Waals surface area contributed by atoms with E-state index in [4.69, 9.17) is 21.6 Å². The minimum atomic E-state index is -0.375. The van der Waals surface area contributed by atoms with E-state index in [2.05, 4.69) is 5.10 Å². The first-order valence-electron chi connectivity index (χ1n) is 8.18. The van der Waals surface area contributed by atoms with Gasteiger partial charge in [-0.1, -0.05) is 36.1 Å². The molecule has 0 saturated carbocycles. The van der Waals surface area contributed by atoms with Crippen molar-refractivity contribution < 1.29 is 4.42 Å². The average molecular weight is 379 g/mol. The van der Waals surface area contributed by atoms with Crippen LogP contribution in [0.2, 0.25) is 0 Å². The zero-order valence-electron chi connectivity index (χ0n) is 13.9. The van der Waals surface area contributed by atoms with Crippen molar-refractivity contribution in [2.45, 2.75) is 12.8 Å². The van der Waals surface area contributed by atoms with Crippen molar-refractivity contribution in [1.82, 2.24) is 14.8 Å². The van der Waals surface area contributed by atoms with Gasteiger partial charge in [-0.15, -0.1) is 0 Å². The number of para-hydroxylation sites is 1. The topological polar surface area (TPSA) is 60.9 Å². The van der Waals surface area contributed by atoms with E-state index >= 15 is 0 Å². The van der Waals surface area contributed by atoms with Crippen LogP contribution in [0.5, 0.6) is 0 Å². The largest absolute Gasteiger partial charge is 0.422 e. The van der Waals surface area contributed by atoms with Gasteiger partial charge < -0.3 is 4.42 Å². The predicted molar refractivity (Wildman–Crippen MR) is 108 cm³/mol. The smallest absolute Gasteiger partial charge is 0.345 e. The Morgan fingerprint density at radius 1 is 1.27 bits per heavy atom. The number of thioether (sulfide) groups is 1. The molecule has 7 heteroatoms. The van der Waals surface area contributed by atoms with Crippen molar-refractivity contribution in [3.8, 4) is 11.3 Å². The van der Waals surface area contributed by atoms with Gasteiger partial charge in [0.1, 0.15) is 5.58 Å². The van der Waals surface area contributed by atoms with Crippen molar-refractivity contribution >= 4 is 50.2 Å². The number of benzene rings is 1. The number of hydrogen-bond donors (Lipinski definition) is 0. The Kier molecular flexibility index (Phi) is 3.48. The second-order valence-electron chi connectivity index (χ2n) is 6.16. The number of aryl methyl sites for hydroxylation is 2. The van der Waals surface area contributed by atoms with Crippen LogP contribution in [-0.4, -0.2) is 25.3 Å². The Hall–Kier alpha value is -2.51. The standard InChI is InChI=1S/C19H13N3O2S2/c1-26-19(25)22-17-10(9-20-22)6-7-14-12(17)8-13-16(21-14)11-4-2-3-5-15(11)24-18(13)23/h2-5,8-9H,6-7H2,1H3. The molecular weight excluding hydrogens is 366 g/mol. The van der Waals surface area contributed by atoms with Gasteiger partial charge in [0.15, 0.2) is 4.32 Å². The number of fused-ring (bicyclic) bond motifs is 6. The lowest BCUT2D eigenvalue weighted by Crippen LogP contribution is -2.14. The van der Waals surface area contributed by atoms with E-state index in [0.717, 1.165) is 40.7 Å². The molecule has 3 aromatic heterocycles. The number of pyridine rings is 1. The summed E-state index contributed by atoms with van der Waals surface area (Å²) in [6, 6.07) is 9.38. The van der Waals surface area contributed by atoms with Crippen LogP contribution in [0.1, 0.15) is 11.3 Å². The molecule has 4 aromatic rings. The summed E-state index contributed by atoms with van der Waals surface area (Å²) in [6.07, 6.45) is 5.45. The monoisotopic (exact) mass is 379 g/mol. The average Bonchev–Trinajstić information content (AvgIpc) is 3.11. The van der Waals surface area contributed by atoms with Crippen LogP contribution in [-0.2, 0) is 12.8 Å². The van der Waals surface area contributed by atoms with Crippen molar-refractivity contribution in [3.05, 3.63) is 58.2 Å². The highest BCUT2D eigenvalue weighted by molar-refractivity contribution is 8.22. The molecule has 128 valence electrons. The van der Waals surface area contributed by atoms with Crippen molar-refractivity contribution in [2.75, 3.05) is 6.26 Å². The van der Waals surface area contributed by atoms with Gasteiger partial charge in [0.05, 0.1) is 28.5 Å². The van der Waals surface area contributed by atoms with E-state index in [-0.39, 0.29) is 5.63 Å². The predicted octanol–water partition coefficient (Wildman–Crippen LogP) is 3.80. The molecule has 1 aromatic carbocycles. The van der Waals surface area contributed by atoms with E-state index in [1.54, 1.807) is 10.7 Å². The normalized spacial score (nSPS) is 13.0. The molecule has 0 aliphatic heterocycles. The maximum atomic E-state index is 12.5. The minimum Gasteiger partial charge on any atom is -0.422 e. The third-order valence-electron chi connectivity index (χ3n) is 4.75. The molecule has 1 aliphatic carbocycles. The zero-order chi connectivity index (χ0) is 17.8. The van der Waals surface area contributed by atoms with Crippen LogP contribution in [0, 0.1) is 0 Å². The SMILES string of the molecule is CSC(=S)n1ncc2c1-c1cc3c(=O)oc4ccccc4c3nc1CC2. The van der Waals surface area contributed by atoms with Gasteiger partial charge in [0.2, 0.25) is 0 Å². The molecule has 0 atom stereocenters. The Bertz CT molecular complexity index is 1270. The number of thiocarbonyl (C=S) groups is 1. The van der Waals surface area contributed by atoms with Crippen LogP contribution >= 0.6 is 24.0 Å². The van der Waals surface area contributed by atoms with Crippen molar-refractivity contribution in [3.63, 3.8) is 0 Å². The maximum Gasteiger partial charge on any atom is 0.345 e. The lowest BCUT2D eigenvalue weighted by atomic mass is 9.93. The highest BCUT2D eigenvalue weighted by atomic mass is 32.2. The molecule has 0 radical (unpaired) electrons. The van der Waals surface area contributed by atoms with Crippen LogP contribution in [0.25, 0.3) is 33.1 Å². The van der Waals surface area contributed by atoms with Gasteiger partial charge >= 0.3 is 5.63 Å². The van der Waals surface area contributed by atoms with E-state index in [1.807, 2.05) is 36.7 Å². The Morgan fingerprint density at radius 2 is 2.12 bits per heavy atom. The number of nitrogens with zero attached hydrogens (tertiary/aromatic N) is 3. The maximum absolute atomic E-state index is 12.5. The number of hydrogen-bond acceptors (Lipinski definition) is 6.